The molecule has 0 aromatic heterocycles. The highest BCUT2D eigenvalue weighted by Gasteiger charge is 2.29. The van der Waals surface area contributed by atoms with Gasteiger partial charge in [0, 0.05) is 19.2 Å². The van der Waals surface area contributed by atoms with Crippen LogP contribution in [0.1, 0.15) is 18.4 Å². The van der Waals surface area contributed by atoms with Crippen LogP contribution >= 0.6 is 0 Å². The van der Waals surface area contributed by atoms with E-state index in [1.165, 1.54) is 16.4 Å². The summed E-state index contributed by atoms with van der Waals surface area (Å²) >= 11 is 0. The first-order valence-corrected chi connectivity index (χ1v) is 10.3. The number of hydrogen-bond acceptors (Lipinski definition) is 7. The van der Waals surface area contributed by atoms with Crippen molar-refractivity contribution >= 4 is 27.5 Å². The molecule has 0 spiro atoms. The van der Waals surface area contributed by atoms with E-state index in [2.05, 4.69) is 10.9 Å². The van der Waals surface area contributed by atoms with Gasteiger partial charge in [0.05, 0.1) is 9.82 Å². The minimum Gasteiger partial charge on any atom is -0.443 e. The van der Waals surface area contributed by atoms with Gasteiger partial charge in [-0.15, -0.1) is 0 Å². The van der Waals surface area contributed by atoms with Gasteiger partial charge in [-0.1, -0.05) is 30.3 Å². The lowest BCUT2D eigenvalue weighted by Gasteiger charge is -2.16. The van der Waals surface area contributed by atoms with E-state index in [0.29, 0.717) is 13.1 Å². The summed E-state index contributed by atoms with van der Waals surface area (Å²) in [7, 11) is -3.79. The van der Waals surface area contributed by atoms with E-state index in [1.54, 1.807) is 24.3 Å². The number of hydrogen-bond donors (Lipinski definition) is 2. The average Bonchev–Trinajstić information content (AvgIpc) is 3.27. The largest absolute Gasteiger partial charge is 0.443 e. The van der Waals surface area contributed by atoms with Crippen LogP contribution < -0.4 is 10.9 Å². The van der Waals surface area contributed by atoms with Crippen molar-refractivity contribution < 1.29 is 22.9 Å². The van der Waals surface area contributed by atoms with Crippen LogP contribution in [0.5, 0.6) is 0 Å². The Bertz CT molecular complexity index is 991. The van der Waals surface area contributed by atoms with Crippen molar-refractivity contribution in [3.05, 3.63) is 64.2 Å². The van der Waals surface area contributed by atoms with Crippen LogP contribution in [0.25, 0.3) is 0 Å². The van der Waals surface area contributed by atoms with Gasteiger partial charge in [-0.25, -0.2) is 18.6 Å². The first-order chi connectivity index (χ1) is 13.9. The van der Waals surface area contributed by atoms with Crippen molar-refractivity contribution in [3.8, 4) is 0 Å². The first-order valence-electron chi connectivity index (χ1n) is 8.89. The number of nitro benzene ring substituents is 1. The Morgan fingerprint density at radius 3 is 2.48 bits per heavy atom. The maximum atomic E-state index is 12.6. The molecule has 3 rings (SSSR count). The fraction of sp³-hybridized carbons (Fsp3) is 0.278. The molecule has 0 unspecified atom stereocenters. The topological polar surface area (TPSA) is 131 Å². The van der Waals surface area contributed by atoms with Crippen LogP contribution in [-0.4, -0.2) is 36.8 Å². The van der Waals surface area contributed by atoms with E-state index in [1.807, 2.05) is 6.07 Å². The smallest absolute Gasteiger partial charge is 0.426 e. The zero-order valence-corrected chi connectivity index (χ0v) is 16.2. The molecular formula is C18H20N4O6S. The van der Waals surface area contributed by atoms with Crippen LogP contribution in [0.3, 0.4) is 0 Å². The number of amides is 1. The standard InChI is InChI=1S/C18H20N4O6S/c23-18(28-13-14-6-2-1-3-7-14)20-19-16-9-8-15(12-17(16)22(24)25)29(26,27)21-10-4-5-11-21/h1-3,6-9,12,19H,4-5,10-11,13H2,(H,20,23). The number of hydrazine groups is 1. The molecule has 0 radical (unpaired) electrons. The normalized spacial score (nSPS) is 14.3. The predicted octanol–water partition coefficient (Wildman–Crippen LogP) is 2.63. The van der Waals surface area contributed by atoms with Gasteiger partial charge in [-0.3, -0.25) is 15.5 Å². The molecule has 11 heteroatoms. The van der Waals surface area contributed by atoms with E-state index < -0.39 is 26.7 Å². The number of carbonyl (C=O) groups excluding carboxylic acids is 1. The number of benzene rings is 2. The molecule has 1 fully saturated rings. The second-order valence-electron chi connectivity index (χ2n) is 6.36. The Balaban J connectivity index is 1.67. The molecule has 1 aliphatic rings. The van der Waals surface area contributed by atoms with Gasteiger partial charge in [-0.2, -0.15) is 4.31 Å². The van der Waals surface area contributed by atoms with E-state index in [4.69, 9.17) is 4.74 Å². The molecular weight excluding hydrogens is 400 g/mol. The van der Waals surface area contributed by atoms with Crippen LogP contribution in [0.4, 0.5) is 16.2 Å². The number of nitro groups is 1. The zero-order chi connectivity index (χ0) is 20.9. The summed E-state index contributed by atoms with van der Waals surface area (Å²) < 4.78 is 31.5. The molecule has 1 amide bonds. The van der Waals surface area contributed by atoms with Crippen molar-refractivity contribution in [1.82, 2.24) is 9.73 Å². The van der Waals surface area contributed by atoms with Gasteiger partial charge in [0.25, 0.3) is 5.69 Å². The fourth-order valence-corrected chi connectivity index (χ4v) is 4.42. The van der Waals surface area contributed by atoms with Crippen molar-refractivity contribution in [2.45, 2.75) is 24.3 Å². The minimum absolute atomic E-state index is 0.0312. The van der Waals surface area contributed by atoms with Gasteiger partial charge in [0.1, 0.15) is 12.3 Å². The molecule has 2 N–H and O–H groups in total. The second kappa shape index (κ2) is 8.88. The third-order valence-corrected chi connectivity index (χ3v) is 6.28. The monoisotopic (exact) mass is 420 g/mol. The molecule has 154 valence electrons. The van der Waals surface area contributed by atoms with Crippen molar-refractivity contribution in [3.63, 3.8) is 0 Å². The maximum absolute atomic E-state index is 12.6. The average molecular weight is 420 g/mol. The molecule has 29 heavy (non-hydrogen) atoms. The fourth-order valence-electron chi connectivity index (χ4n) is 2.88. The predicted molar refractivity (Wildman–Crippen MR) is 104 cm³/mol. The van der Waals surface area contributed by atoms with Gasteiger partial charge >= 0.3 is 6.09 Å². The highest BCUT2D eigenvalue weighted by atomic mass is 32.2. The summed E-state index contributed by atoms with van der Waals surface area (Å²) in [6, 6.07) is 12.5. The number of ether oxygens (including phenoxy) is 1. The molecule has 0 bridgehead atoms. The van der Waals surface area contributed by atoms with Crippen molar-refractivity contribution in [2.24, 2.45) is 0 Å². The SMILES string of the molecule is O=C(NNc1ccc(S(=O)(=O)N2CCCC2)cc1[N+](=O)[O-])OCc1ccccc1. The summed E-state index contributed by atoms with van der Waals surface area (Å²) in [6.07, 6.45) is 0.684. The molecule has 2 aromatic rings. The Labute approximate surface area is 167 Å². The Morgan fingerprint density at radius 1 is 1.14 bits per heavy atom. The summed E-state index contributed by atoms with van der Waals surface area (Å²) in [6.45, 7) is 0.819. The minimum atomic E-state index is -3.79. The first kappa shape index (κ1) is 20.6. The Hall–Kier alpha value is -3.18. The lowest BCUT2D eigenvalue weighted by atomic mass is 10.2. The molecule has 1 heterocycles. The highest BCUT2D eigenvalue weighted by Crippen LogP contribution is 2.29. The molecule has 1 saturated heterocycles. The quantitative estimate of drug-likeness (QED) is 0.520. The number of carbonyl (C=O) groups is 1. The second-order valence-corrected chi connectivity index (χ2v) is 8.30. The summed E-state index contributed by atoms with van der Waals surface area (Å²) in [5.41, 5.74) is 4.85. The van der Waals surface area contributed by atoms with E-state index in [0.717, 1.165) is 24.5 Å². The third-order valence-electron chi connectivity index (χ3n) is 4.38. The number of anilines is 1. The summed E-state index contributed by atoms with van der Waals surface area (Å²) in [5, 5.41) is 11.4. The van der Waals surface area contributed by atoms with Gasteiger partial charge in [-0.05, 0) is 30.5 Å². The van der Waals surface area contributed by atoms with Gasteiger partial charge < -0.3 is 4.74 Å². The molecule has 0 atom stereocenters. The molecule has 10 nitrogen and oxygen atoms in total. The number of nitrogens with one attached hydrogen (secondary N) is 2. The molecule has 0 saturated carbocycles. The van der Waals surface area contributed by atoms with Crippen molar-refractivity contribution in [1.29, 1.82) is 0 Å². The Kier molecular flexibility index (Phi) is 6.29. The Morgan fingerprint density at radius 2 is 1.83 bits per heavy atom. The van der Waals surface area contributed by atoms with E-state index >= 15 is 0 Å². The van der Waals surface area contributed by atoms with Crippen LogP contribution in [0.15, 0.2) is 53.4 Å². The lowest BCUT2D eigenvalue weighted by Crippen LogP contribution is -2.30. The third kappa shape index (κ3) is 5.00. The van der Waals surface area contributed by atoms with Gasteiger partial charge in [0.2, 0.25) is 10.0 Å². The number of sulfonamides is 1. The highest BCUT2D eigenvalue weighted by molar-refractivity contribution is 7.89. The number of rotatable bonds is 7. The molecule has 2 aromatic carbocycles. The van der Waals surface area contributed by atoms with Crippen LogP contribution in [0, 0.1) is 10.1 Å². The molecule has 1 aliphatic heterocycles. The zero-order valence-electron chi connectivity index (χ0n) is 15.4. The molecule has 0 aliphatic carbocycles. The van der Waals surface area contributed by atoms with E-state index in [-0.39, 0.29) is 17.2 Å². The summed E-state index contributed by atoms with van der Waals surface area (Å²) in [5.74, 6) is 0. The van der Waals surface area contributed by atoms with Crippen molar-refractivity contribution in [2.75, 3.05) is 18.5 Å². The van der Waals surface area contributed by atoms with E-state index in [9.17, 15) is 23.3 Å². The maximum Gasteiger partial charge on any atom is 0.426 e. The number of nitrogens with zero attached hydrogens (tertiary/aromatic N) is 2. The van der Waals surface area contributed by atoms with Crippen LogP contribution in [-0.2, 0) is 21.4 Å². The summed E-state index contributed by atoms with van der Waals surface area (Å²) in [4.78, 5) is 22.3. The lowest BCUT2D eigenvalue weighted by molar-refractivity contribution is -0.384. The van der Waals surface area contributed by atoms with Gasteiger partial charge in [0.15, 0.2) is 0 Å². The van der Waals surface area contributed by atoms with Crippen LogP contribution in [0.2, 0.25) is 0 Å².